The van der Waals surface area contributed by atoms with E-state index in [1.54, 1.807) is 20.8 Å². The molecule has 0 spiro atoms. The van der Waals surface area contributed by atoms with Gasteiger partial charge in [0.1, 0.15) is 0 Å². The minimum atomic E-state index is -0.522. The van der Waals surface area contributed by atoms with Crippen molar-refractivity contribution in [1.29, 1.82) is 0 Å². The third kappa shape index (κ3) is 4.27. The first-order valence-electron chi connectivity index (χ1n) is 6.71. The summed E-state index contributed by atoms with van der Waals surface area (Å²) in [5.41, 5.74) is 0.594. The Hall–Kier alpha value is -2.44. The standard InChI is InChI=1S/C14H19N3O4/c1-4-15-13(18)9-16(5-2)14(19)11-7-6-10(3)12(8-11)17(20)21/h6-8H,4-5,9H2,1-3H3,(H,15,18). The molecule has 0 atom stereocenters. The van der Waals surface area contributed by atoms with Gasteiger partial charge in [0.2, 0.25) is 5.91 Å². The molecule has 7 heteroatoms. The van der Waals surface area contributed by atoms with Gasteiger partial charge in [0.25, 0.3) is 11.6 Å². The van der Waals surface area contributed by atoms with E-state index in [9.17, 15) is 19.7 Å². The molecule has 0 radical (unpaired) electrons. The molecule has 0 saturated heterocycles. The van der Waals surface area contributed by atoms with Gasteiger partial charge in [-0.05, 0) is 26.8 Å². The van der Waals surface area contributed by atoms with Crippen LogP contribution in [0.15, 0.2) is 18.2 Å². The average Bonchev–Trinajstić information content (AvgIpc) is 2.44. The number of likely N-dealkylation sites (N-methyl/N-ethyl adjacent to an activating group) is 2. The molecule has 1 aromatic carbocycles. The molecular formula is C14H19N3O4. The van der Waals surface area contributed by atoms with Crippen molar-refractivity contribution in [2.45, 2.75) is 20.8 Å². The largest absolute Gasteiger partial charge is 0.355 e. The predicted molar refractivity (Wildman–Crippen MR) is 78.1 cm³/mol. The van der Waals surface area contributed by atoms with Crippen molar-refractivity contribution >= 4 is 17.5 Å². The zero-order valence-corrected chi connectivity index (χ0v) is 12.4. The maximum Gasteiger partial charge on any atom is 0.273 e. The van der Waals surface area contributed by atoms with Gasteiger partial charge in [-0.1, -0.05) is 6.07 Å². The number of benzene rings is 1. The highest BCUT2D eigenvalue weighted by atomic mass is 16.6. The second-order valence-electron chi connectivity index (χ2n) is 4.53. The van der Waals surface area contributed by atoms with Crippen molar-refractivity contribution in [2.75, 3.05) is 19.6 Å². The fourth-order valence-electron chi connectivity index (χ4n) is 1.88. The van der Waals surface area contributed by atoms with Crippen LogP contribution in [0.1, 0.15) is 29.8 Å². The lowest BCUT2D eigenvalue weighted by atomic mass is 10.1. The lowest BCUT2D eigenvalue weighted by molar-refractivity contribution is -0.385. The van der Waals surface area contributed by atoms with Crippen LogP contribution in [-0.4, -0.2) is 41.3 Å². The number of carbonyl (C=O) groups excluding carboxylic acids is 2. The Balaban J connectivity index is 2.97. The topological polar surface area (TPSA) is 92.6 Å². The van der Waals surface area contributed by atoms with E-state index in [0.29, 0.717) is 18.7 Å². The zero-order chi connectivity index (χ0) is 16.0. The SMILES string of the molecule is CCNC(=O)CN(CC)C(=O)c1ccc(C)c([N+](=O)[O-])c1. The van der Waals surface area contributed by atoms with Gasteiger partial charge in [-0.25, -0.2) is 0 Å². The molecule has 2 amide bonds. The van der Waals surface area contributed by atoms with Crippen LogP contribution < -0.4 is 5.32 Å². The smallest absolute Gasteiger partial charge is 0.273 e. The number of nitrogens with one attached hydrogen (secondary N) is 1. The highest BCUT2D eigenvalue weighted by Crippen LogP contribution is 2.20. The molecule has 0 heterocycles. The summed E-state index contributed by atoms with van der Waals surface area (Å²) in [6.07, 6.45) is 0. The zero-order valence-electron chi connectivity index (χ0n) is 12.4. The summed E-state index contributed by atoms with van der Waals surface area (Å²) < 4.78 is 0. The van der Waals surface area contributed by atoms with Crippen LogP contribution in [0.2, 0.25) is 0 Å². The first kappa shape index (κ1) is 16.6. The van der Waals surface area contributed by atoms with E-state index in [4.69, 9.17) is 0 Å². The monoisotopic (exact) mass is 293 g/mol. The molecule has 1 N–H and O–H groups in total. The van der Waals surface area contributed by atoms with E-state index in [1.807, 2.05) is 0 Å². The van der Waals surface area contributed by atoms with Crippen LogP contribution in [0.3, 0.4) is 0 Å². The molecule has 0 aromatic heterocycles. The number of rotatable bonds is 6. The Bertz CT molecular complexity index is 557. The van der Waals surface area contributed by atoms with Crippen molar-refractivity contribution in [3.05, 3.63) is 39.4 Å². The Morgan fingerprint density at radius 2 is 2.00 bits per heavy atom. The third-order valence-electron chi connectivity index (χ3n) is 3.03. The number of hydrogen-bond donors (Lipinski definition) is 1. The average molecular weight is 293 g/mol. The molecule has 21 heavy (non-hydrogen) atoms. The van der Waals surface area contributed by atoms with E-state index in [0.717, 1.165) is 0 Å². The summed E-state index contributed by atoms with van der Waals surface area (Å²) in [4.78, 5) is 35.6. The molecule has 114 valence electrons. The van der Waals surface area contributed by atoms with Crippen molar-refractivity contribution in [3.8, 4) is 0 Å². The van der Waals surface area contributed by atoms with E-state index < -0.39 is 10.8 Å². The Morgan fingerprint density at radius 1 is 1.33 bits per heavy atom. The highest BCUT2D eigenvalue weighted by Gasteiger charge is 2.20. The van der Waals surface area contributed by atoms with Crippen molar-refractivity contribution in [2.24, 2.45) is 0 Å². The predicted octanol–water partition coefficient (Wildman–Crippen LogP) is 1.50. The summed E-state index contributed by atoms with van der Waals surface area (Å²) in [6, 6.07) is 4.31. The number of aryl methyl sites for hydroxylation is 1. The minimum absolute atomic E-state index is 0.0646. The second-order valence-corrected chi connectivity index (χ2v) is 4.53. The van der Waals surface area contributed by atoms with Crippen molar-refractivity contribution < 1.29 is 14.5 Å². The molecule has 1 aromatic rings. The van der Waals surface area contributed by atoms with Gasteiger partial charge in [-0.2, -0.15) is 0 Å². The van der Waals surface area contributed by atoms with E-state index in [1.165, 1.54) is 23.1 Å². The normalized spacial score (nSPS) is 10.0. The van der Waals surface area contributed by atoms with Crippen molar-refractivity contribution in [3.63, 3.8) is 0 Å². The molecule has 1 rings (SSSR count). The van der Waals surface area contributed by atoms with Gasteiger partial charge in [-0.15, -0.1) is 0 Å². The maximum atomic E-state index is 12.3. The molecule has 0 aliphatic carbocycles. The van der Waals surface area contributed by atoms with Gasteiger partial charge in [0.05, 0.1) is 11.5 Å². The van der Waals surface area contributed by atoms with E-state index in [2.05, 4.69) is 5.32 Å². The molecule has 7 nitrogen and oxygen atoms in total. The number of carbonyl (C=O) groups is 2. The van der Waals surface area contributed by atoms with Gasteiger partial charge in [-0.3, -0.25) is 19.7 Å². The molecule has 0 aliphatic heterocycles. The number of hydrogen-bond acceptors (Lipinski definition) is 4. The van der Waals surface area contributed by atoms with Crippen LogP contribution in [0.5, 0.6) is 0 Å². The second kappa shape index (κ2) is 7.37. The summed E-state index contributed by atoms with van der Waals surface area (Å²) >= 11 is 0. The number of nitro benzene ring substituents is 1. The molecule has 0 saturated carbocycles. The number of nitrogens with zero attached hydrogens (tertiary/aromatic N) is 2. The summed E-state index contributed by atoms with van der Waals surface area (Å²) in [6.45, 7) is 5.92. The van der Waals surface area contributed by atoms with Gasteiger partial charge >= 0.3 is 0 Å². The van der Waals surface area contributed by atoms with E-state index in [-0.39, 0.29) is 23.7 Å². The van der Waals surface area contributed by atoms with Gasteiger partial charge in [0, 0.05) is 30.3 Å². The lowest BCUT2D eigenvalue weighted by Gasteiger charge is -2.20. The van der Waals surface area contributed by atoms with E-state index >= 15 is 0 Å². The van der Waals surface area contributed by atoms with Crippen LogP contribution in [-0.2, 0) is 4.79 Å². The third-order valence-corrected chi connectivity index (χ3v) is 3.03. The van der Waals surface area contributed by atoms with Crippen LogP contribution in [0, 0.1) is 17.0 Å². The summed E-state index contributed by atoms with van der Waals surface area (Å²) in [5.74, 6) is -0.652. The van der Waals surface area contributed by atoms with Crippen LogP contribution in [0.25, 0.3) is 0 Å². The molecular weight excluding hydrogens is 274 g/mol. The quantitative estimate of drug-likeness (QED) is 0.635. The summed E-state index contributed by atoms with van der Waals surface area (Å²) in [5, 5.41) is 13.5. The highest BCUT2D eigenvalue weighted by molar-refractivity contribution is 5.97. The lowest BCUT2D eigenvalue weighted by Crippen LogP contribution is -2.40. The fourth-order valence-corrected chi connectivity index (χ4v) is 1.88. The minimum Gasteiger partial charge on any atom is -0.355 e. The number of nitro groups is 1. The Kier molecular flexibility index (Phi) is 5.83. The maximum absolute atomic E-state index is 12.3. The summed E-state index contributed by atoms with van der Waals surface area (Å²) in [7, 11) is 0. The fraction of sp³-hybridized carbons (Fsp3) is 0.429. The van der Waals surface area contributed by atoms with Crippen molar-refractivity contribution in [1.82, 2.24) is 10.2 Å². The van der Waals surface area contributed by atoms with Gasteiger partial charge < -0.3 is 10.2 Å². The molecule has 0 bridgehead atoms. The van der Waals surface area contributed by atoms with Gasteiger partial charge in [0.15, 0.2) is 0 Å². The molecule has 0 unspecified atom stereocenters. The Morgan fingerprint density at radius 3 is 2.52 bits per heavy atom. The Labute approximate surface area is 123 Å². The molecule has 0 fully saturated rings. The molecule has 0 aliphatic rings. The van der Waals surface area contributed by atoms with Crippen LogP contribution in [0.4, 0.5) is 5.69 Å². The first-order chi connectivity index (χ1) is 9.90. The van der Waals surface area contributed by atoms with Crippen LogP contribution >= 0.6 is 0 Å². The number of amides is 2. The first-order valence-corrected chi connectivity index (χ1v) is 6.71.